The summed E-state index contributed by atoms with van der Waals surface area (Å²) in [6, 6.07) is 0. The van der Waals surface area contributed by atoms with Gasteiger partial charge in [-0.05, 0) is 83.5 Å². The highest BCUT2D eigenvalue weighted by Gasteiger charge is 2.19. The molecule has 63 heavy (non-hydrogen) atoms. The first-order valence-corrected chi connectivity index (χ1v) is 23.1. The van der Waals surface area contributed by atoms with Gasteiger partial charge in [-0.2, -0.15) is 0 Å². The first-order chi connectivity index (χ1) is 31.0. The van der Waals surface area contributed by atoms with Crippen molar-refractivity contribution in [2.75, 3.05) is 13.2 Å². The molecule has 6 nitrogen and oxygen atoms in total. The lowest BCUT2D eigenvalue weighted by Crippen LogP contribution is -2.30. The average molecular weight is 859 g/mol. The molecule has 0 bridgehead atoms. The second kappa shape index (κ2) is 48.9. The third-order valence-electron chi connectivity index (χ3n) is 8.34. The SMILES string of the molecule is CC\C=C/C=C\C=C/C=C\C=C/CCCC(=O)OCC(COC(=O)CC/C=C\C/C=C\C/C=C\C/C=C\C/C=C\C/C=C\CC)OC(=O)CCC\C=C/C=C\C=C/C=C\C=C/CC. The number of carbonyl (C=O) groups is 3. The molecule has 6 heteroatoms. The Kier molecular flexibility index (Phi) is 44.4. The van der Waals surface area contributed by atoms with E-state index in [4.69, 9.17) is 14.2 Å². The molecule has 0 aromatic carbocycles. The van der Waals surface area contributed by atoms with E-state index in [9.17, 15) is 14.4 Å². The molecule has 0 aliphatic rings. The maximum Gasteiger partial charge on any atom is 0.306 e. The Labute approximate surface area is 382 Å². The number of hydrogen-bond acceptors (Lipinski definition) is 6. The van der Waals surface area contributed by atoms with E-state index < -0.39 is 24.0 Å². The smallest absolute Gasteiger partial charge is 0.306 e. The second-order valence-electron chi connectivity index (χ2n) is 14.1. The predicted molar refractivity (Wildman–Crippen MR) is 269 cm³/mol. The van der Waals surface area contributed by atoms with Crippen molar-refractivity contribution in [2.24, 2.45) is 0 Å². The first-order valence-electron chi connectivity index (χ1n) is 23.1. The molecule has 0 aromatic rings. The summed E-state index contributed by atoms with van der Waals surface area (Å²) in [5.41, 5.74) is 0. The molecule has 1 unspecified atom stereocenters. The molecular formula is C57H78O6. The molecule has 0 saturated carbocycles. The molecule has 0 radical (unpaired) electrons. The molecule has 0 aliphatic carbocycles. The van der Waals surface area contributed by atoms with E-state index in [0.29, 0.717) is 32.1 Å². The third-order valence-corrected chi connectivity index (χ3v) is 8.34. The molecule has 0 spiro atoms. The number of unbranched alkanes of at least 4 members (excludes halogenated alkanes) is 2. The van der Waals surface area contributed by atoms with Crippen molar-refractivity contribution in [3.63, 3.8) is 0 Å². The van der Waals surface area contributed by atoms with Crippen LogP contribution in [0.3, 0.4) is 0 Å². The van der Waals surface area contributed by atoms with Crippen molar-refractivity contribution < 1.29 is 28.6 Å². The topological polar surface area (TPSA) is 78.9 Å². The van der Waals surface area contributed by atoms with Crippen molar-refractivity contribution in [3.8, 4) is 0 Å². The number of allylic oxidation sites excluding steroid dienone is 32. The van der Waals surface area contributed by atoms with Gasteiger partial charge in [0.05, 0.1) is 0 Å². The quantitative estimate of drug-likeness (QED) is 0.0204. The first kappa shape index (κ1) is 57.2. The van der Waals surface area contributed by atoms with E-state index >= 15 is 0 Å². The number of rotatable bonds is 37. The van der Waals surface area contributed by atoms with Crippen LogP contribution in [0.2, 0.25) is 0 Å². The Hall–Kier alpha value is -5.75. The minimum absolute atomic E-state index is 0.180. The van der Waals surface area contributed by atoms with Gasteiger partial charge in [0.1, 0.15) is 13.2 Å². The highest BCUT2D eigenvalue weighted by atomic mass is 16.6. The molecule has 0 aromatic heterocycles. The molecule has 0 amide bonds. The van der Waals surface area contributed by atoms with Gasteiger partial charge in [0, 0.05) is 19.3 Å². The average Bonchev–Trinajstić information content (AvgIpc) is 3.28. The molecule has 0 heterocycles. The van der Waals surface area contributed by atoms with Crippen LogP contribution < -0.4 is 0 Å². The van der Waals surface area contributed by atoms with E-state index in [0.717, 1.165) is 51.4 Å². The molecular weight excluding hydrogens is 781 g/mol. The van der Waals surface area contributed by atoms with Crippen LogP contribution in [0.5, 0.6) is 0 Å². The van der Waals surface area contributed by atoms with Crippen LogP contribution in [0.1, 0.15) is 124 Å². The summed E-state index contributed by atoms with van der Waals surface area (Å²) in [5.74, 6) is -1.23. The Morgan fingerprint density at radius 2 is 0.651 bits per heavy atom. The lowest BCUT2D eigenvalue weighted by atomic mass is 10.2. The van der Waals surface area contributed by atoms with E-state index in [1.54, 1.807) is 0 Å². The molecule has 0 fully saturated rings. The van der Waals surface area contributed by atoms with Crippen molar-refractivity contribution >= 4 is 17.9 Å². The molecule has 1 atom stereocenters. The number of hydrogen-bond donors (Lipinski definition) is 0. The van der Waals surface area contributed by atoms with Crippen molar-refractivity contribution in [1.82, 2.24) is 0 Å². The zero-order chi connectivity index (χ0) is 45.8. The van der Waals surface area contributed by atoms with Crippen molar-refractivity contribution in [2.45, 2.75) is 130 Å². The Morgan fingerprint density at radius 3 is 1.05 bits per heavy atom. The van der Waals surface area contributed by atoms with Crippen LogP contribution in [0.4, 0.5) is 0 Å². The van der Waals surface area contributed by atoms with E-state index in [1.165, 1.54) is 0 Å². The van der Waals surface area contributed by atoms with Gasteiger partial charge < -0.3 is 14.2 Å². The van der Waals surface area contributed by atoms with Crippen LogP contribution in [-0.2, 0) is 28.6 Å². The summed E-state index contributed by atoms with van der Waals surface area (Å²) in [5, 5.41) is 0. The third kappa shape index (κ3) is 47.2. The zero-order valence-electron chi connectivity index (χ0n) is 38.7. The Bertz CT molecular complexity index is 1640. The molecule has 0 aliphatic heterocycles. The lowest BCUT2D eigenvalue weighted by Gasteiger charge is -2.18. The fourth-order valence-electron chi connectivity index (χ4n) is 5.00. The van der Waals surface area contributed by atoms with Crippen molar-refractivity contribution in [1.29, 1.82) is 0 Å². The minimum Gasteiger partial charge on any atom is -0.462 e. The monoisotopic (exact) mass is 859 g/mol. The van der Waals surface area contributed by atoms with Gasteiger partial charge in [-0.25, -0.2) is 0 Å². The summed E-state index contributed by atoms with van der Waals surface area (Å²) in [4.78, 5) is 37.7. The van der Waals surface area contributed by atoms with Gasteiger partial charge in [0.15, 0.2) is 6.10 Å². The summed E-state index contributed by atoms with van der Waals surface area (Å²) < 4.78 is 16.5. The molecule has 0 saturated heterocycles. The summed E-state index contributed by atoms with van der Waals surface area (Å²) in [6.45, 7) is 5.98. The molecule has 0 N–H and O–H groups in total. The standard InChI is InChI=1S/C57H78O6/c1-4-7-10-13-16-19-22-25-26-27-28-29-30-33-35-38-41-44-47-50-56(59)62-53-54(63-57(60)51-48-45-42-39-36-32-24-21-18-15-12-9-6-3)52-61-55(58)49-46-43-40-37-34-31-23-20-17-14-11-8-5-2/h7-12,14-21,23-26,28-29,31-37,39-42,44,54H,4-6,13,22,27,30,38,43,45-53H2,1-3H3/b10-7-,11-8-,12-9-,17-14-,18-15-,19-16-,23-20-,24-21-,26-25-,29-28-,34-31-,35-33-,36-32-,40-37-,42-39-,44-41-. The fraction of sp³-hybridized carbons (Fsp3) is 0.386. The predicted octanol–water partition coefficient (Wildman–Crippen LogP) is 15.2. The molecule has 342 valence electrons. The number of carbonyl (C=O) groups excluding carboxylic acids is 3. The minimum atomic E-state index is -0.886. The maximum absolute atomic E-state index is 12.7. The van der Waals surface area contributed by atoms with Gasteiger partial charge in [0.25, 0.3) is 0 Å². The van der Waals surface area contributed by atoms with Gasteiger partial charge in [-0.1, -0.05) is 215 Å². The summed E-state index contributed by atoms with van der Waals surface area (Å²) in [6.07, 6.45) is 75.8. The van der Waals surface area contributed by atoms with Crippen molar-refractivity contribution in [3.05, 3.63) is 194 Å². The number of esters is 3. The van der Waals surface area contributed by atoms with Crippen LogP contribution in [0, 0.1) is 0 Å². The highest BCUT2D eigenvalue weighted by Crippen LogP contribution is 2.07. The number of ether oxygens (including phenoxy) is 3. The van der Waals surface area contributed by atoms with Crippen LogP contribution >= 0.6 is 0 Å². The molecule has 0 rings (SSSR count). The zero-order valence-corrected chi connectivity index (χ0v) is 38.7. The Balaban J connectivity index is 4.75. The van der Waals surface area contributed by atoms with Crippen LogP contribution in [0.15, 0.2) is 194 Å². The normalized spacial score (nSPS) is 13.9. The van der Waals surface area contributed by atoms with Gasteiger partial charge in [0.2, 0.25) is 0 Å². The Morgan fingerprint density at radius 1 is 0.333 bits per heavy atom. The summed E-state index contributed by atoms with van der Waals surface area (Å²) in [7, 11) is 0. The maximum atomic E-state index is 12.7. The van der Waals surface area contributed by atoms with Gasteiger partial charge >= 0.3 is 17.9 Å². The second-order valence-corrected chi connectivity index (χ2v) is 14.1. The van der Waals surface area contributed by atoms with Gasteiger partial charge in [-0.3, -0.25) is 14.4 Å². The summed E-state index contributed by atoms with van der Waals surface area (Å²) >= 11 is 0. The van der Waals surface area contributed by atoms with E-state index in [1.807, 2.05) is 122 Å². The van der Waals surface area contributed by atoms with Gasteiger partial charge in [-0.15, -0.1) is 0 Å². The largest absolute Gasteiger partial charge is 0.462 e. The van der Waals surface area contributed by atoms with Crippen LogP contribution in [0.25, 0.3) is 0 Å². The highest BCUT2D eigenvalue weighted by molar-refractivity contribution is 5.71. The van der Waals surface area contributed by atoms with E-state index in [-0.39, 0.29) is 32.5 Å². The van der Waals surface area contributed by atoms with Crippen LogP contribution in [-0.4, -0.2) is 37.2 Å². The van der Waals surface area contributed by atoms with E-state index in [2.05, 4.69) is 93.7 Å². The fourth-order valence-corrected chi connectivity index (χ4v) is 5.00. The lowest BCUT2D eigenvalue weighted by molar-refractivity contribution is -0.166.